The molecule has 0 spiro atoms. The van der Waals surface area contributed by atoms with Gasteiger partial charge in [-0.3, -0.25) is 0 Å². The van der Waals surface area contributed by atoms with Crippen LogP contribution in [-0.2, 0) is 6.54 Å². The van der Waals surface area contributed by atoms with Crippen molar-refractivity contribution in [1.82, 2.24) is 4.57 Å². The second-order valence-corrected chi connectivity index (χ2v) is 3.66. The van der Waals surface area contributed by atoms with Crippen LogP contribution in [0.25, 0.3) is 17.5 Å². The molecule has 2 aromatic rings. The van der Waals surface area contributed by atoms with Gasteiger partial charge in [-0.1, -0.05) is 0 Å². The third-order valence-corrected chi connectivity index (χ3v) is 2.58. The Hall–Kier alpha value is -2.72. The second-order valence-electron chi connectivity index (χ2n) is 3.66. The first-order valence-corrected chi connectivity index (χ1v) is 5.55. The van der Waals surface area contributed by atoms with Crippen LogP contribution in [0.4, 0.5) is 0 Å². The van der Waals surface area contributed by atoms with Crippen molar-refractivity contribution in [2.75, 3.05) is 0 Å². The highest BCUT2D eigenvalue weighted by Gasteiger charge is 2.07. The molecule has 0 aliphatic heterocycles. The van der Waals surface area contributed by atoms with Crippen molar-refractivity contribution in [1.29, 1.82) is 10.5 Å². The van der Waals surface area contributed by atoms with Crippen LogP contribution < -0.4 is 0 Å². The molecule has 88 valence electrons. The van der Waals surface area contributed by atoms with Gasteiger partial charge in [0.25, 0.3) is 0 Å². The maximum absolute atomic E-state index is 8.67. The van der Waals surface area contributed by atoms with Crippen molar-refractivity contribution in [2.45, 2.75) is 13.5 Å². The Bertz CT molecular complexity index is 646. The van der Waals surface area contributed by atoms with E-state index in [4.69, 9.17) is 14.9 Å². The van der Waals surface area contributed by atoms with Crippen LogP contribution in [0.1, 0.15) is 12.7 Å². The number of hydrogen-bond acceptors (Lipinski definition) is 3. The molecule has 0 saturated heterocycles. The van der Waals surface area contributed by atoms with Crippen molar-refractivity contribution < 1.29 is 4.42 Å². The van der Waals surface area contributed by atoms with Crippen molar-refractivity contribution in [3.8, 4) is 23.6 Å². The fourth-order valence-corrected chi connectivity index (χ4v) is 1.71. The molecule has 2 aromatic heterocycles. The summed E-state index contributed by atoms with van der Waals surface area (Å²) < 4.78 is 7.66. The average molecular weight is 237 g/mol. The summed E-state index contributed by atoms with van der Waals surface area (Å²) in [5.41, 5.74) is 1.01. The number of allylic oxidation sites excluding steroid dienone is 1. The van der Waals surface area contributed by atoms with Gasteiger partial charge in [-0.15, -0.1) is 0 Å². The smallest absolute Gasteiger partial charge is 0.151 e. The predicted molar refractivity (Wildman–Crippen MR) is 67.0 cm³/mol. The second kappa shape index (κ2) is 5.07. The molecule has 0 fully saturated rings. The van der Waals surface area contributed by atoms with Gasteiger partial charge in [0.05, 0.1) is 5.69 Å². The van der Waals surface area contributed by atoms with Gasteiger partial charge in [-0.05, 0) is 31.2 Å². The highest BCUT2D eigenvalue weighted by molar-refractivity contribution is 5.62. The van der Waals surface area contributed by atoms with Crippen molar-refractivity contribution in [2.24, 2.45) is 0 Å². The summed E-state index contributed by atoms with van der Waals surface area (Å²) >= 11 is 0. The minimum atomic E-state index is 0.0294. The first-order chi connectivity index (χ1) is 8.78. The van der Waals surface area contributed by atoms with E-state index in [0.717, 1.165) is 18.0 Å². The number of nitriles is 2. The Morgan fingerprint density at radius 1 is 1.33 bits per heavy atom. The summed E-state index contributed by atoms with van der Waals surface area (Å²) in [7, 11) is 0. The molecule has 2 heterocycles. The molecule has 0 radical (unpaired) electrons. The van der Waals surface area contributed by atoms with Gasteiger partial charge in [0.2, 0.25) is 0 Å². The number of hydrogen-bond donors (Lipinski definition) is 0. The van der Waals surface area contributed by atoms with E-state index in [1.54, 1.807) is 18.2 Å². The number of nitrogens with zero attached hydrogens (tertiary/aromatic N) is 3. The quantitative estimate of drug-likeness (QED) is 0.770. The minimum absolute atomic E-state index is 0.0294. The molecule has 4 nitrogen and oxygen atoms in total. The molecule has 0 saturated carbocycles. The zero-order chi connectivity index (χ0) is 13.0. The van der Waals surface area contributed by atoms with E-state index in [1.807, 2.05) is 24.4 Å². The first kappa shape index (κ1) is 11.8. The molecule has 0 aliphatic rings. The third-order valence-electron chi connectivity index (χ3n) is 2.58. The van der Waals surface area contributed by atoms with Crippen LogP contribution in [0, 0.1) is 22.7 Å². The van der Waals surface area contributed by atoms with Crippen LogP contribution in [0.3, 0.4) is 0 Å². The maximum atomic E-state index is 8.67. The van der Waals surface area contributed by atoms with Gasteiger partial charge in [0, 0.05) is 18.8 Å². The van der Waals surface area contributed by atoms with Gasteiger partial charge in [-0.25, -0.2) is 0 Å². The number of aryl methyl sites for hydroxylation is 1. The van der Waals surface area contributed by atoms with Crippen LogP contribution in [0.15, 0.2) is 40.5 Å². The molecular weight excluding hydrogens is 226 g/mol. The van der Waals surface area contributed by atoms with E-state index < -0.39 is 0 Å². The van der Waals surface area contributed by atoms with Crippen molar-refractivity contribution >= 4 is 6.08 Å². The van der Waals surface area contributed by atoms with Gasteiger partial charge >= 0.3 is 0 Å². The van der Waals surface area contributed by atoms with Crippen molar-refractivity contribution in [3.63, 3.8) is 0 Å². The average Bonchev–Trinajstić information content (AvgIpc) is 3.03. The summed E-state index contributed by atoms with van der Waals surface area (Å²) in [6.07, 6.45) is 3.41. The van der Waals surface area contributed by atoms with Crippen LogP contribution in [-0.4, -0.2) is 4.57 Å². The largest absolute Gasteiger partial charge is 0.455 e. The van der Waals surface area contributed by atoms with E-state index in [1.165, 1.54) is 6.08 Å². The Balaban J connectivity index is 2.36. The fraction of sp³-hybridized carbons (Fsp3) is 0.143. The topological polar surface area (TPSA) is 65.7 Å². The summed E-state index contributed by atoms with van der Waals surface area (Å²) in [6.45, 7) is 2.91. The fourth-order valence-electron chi connectivity index (χ4n) is 1.71. The lowest BCUT2D eigenvalue weighted by atomic mass is 10.2. The SMILES string of the molecule is CCn1cccc1-c1ccc(C=C(C#N)C#N)o1. The van der Waals surface area contributed by atoms with Gasteiger partial charge in [0.1, 0.15) is 23.5 Å². The van der Waals surface area contributed by atoms with Gasteiger partial charge in [-0.2, -0.15) is 10.5 Å². The Labute approximate surface area is 105 Å². The summed E-state index contributed by atoms with van der Waals surface area (Å²) in [4.78, 5) is 0. The maximum Gasteiger partial charge on any atom is 0.151 e. The standard InChI is InChI=1S/C14H11N3O/c1-2-17-7-3-4-13(17)14-6-5-12(18-14)8-11(9-15)10-16/h3-8H,2H2,1H3. The minimum Gasteiger partial charge on any atom is -0.455 e. The first-order valence-electron chi connectivity index (χ1n) is 5.55. The molecular formula is C14H11N3O. The molecule has 0 bridgehead atoms. The highest BCUT2D eigenvalue weighted by Crippen LogP contribution is 2.23. The Kier molecular flexibility index (Phi) is 3.31. The number of furan rings is 1. The Morgan fingerprint density at radius 2 is 2.11 bits per heavy atom. The van der Waals surface area contributed by atoms with E-state index in [-0.39, 0.29) is 5.57 Å². The molecule has 0 amide bonds. The van der Waals surface area contributed by atoms with E-state index in [2.05, 4.69) is 11.5 Å². The number of rotatable bonds is 3. The molecule has 2 rings (SSSR count). The molecule has 0 aliphatic carbocycles. The molecule has 18 heavy (non-hydrogen) atoms. The normalized spacial score (nSPS) is 9.50. The zero-order valence-corrected chi connectivity index (χ0v) is 9.92. The lowest BCUT2D eigenvalue weighted by Gasteiger charge is -2.02. The van der Waals surface area contributed by atoms with Gasteiger partial charge in [0.15, 0.2) is 5.76 Å². The molecule has 0 unspecified atom stereocenters. The van der Waals surface area contributed by atoms with Crippen LogP contribution >= 0.6 is 0 Å². The number of aromatic nitrogens is 1. The molecule has 0 N–H and O–H groups in total. The van der Waals surface area contributed by atoms with Crippen LogP contribution in [0.2, 0.25) is 0 Å². The highest BCUT2D eigenvalue weighted by atomic mass is 16.3. The van der Waals surface area contributed by atoms with E-state index in [9.17, 15) is 0 Å². The summed E-state index contributed by atoms with van der Waals surface area (Å²) in [5.74, 6) is 1.23. The molecule has 0 aromatic carbocycles. The van der Waals surface area contributed by atoms with Crippen molar-refractivity contribution in [3.05, 3.63) is 41.8 Å². The molecule has 0 atom stereocenters. The van der Waals surface area contributed by atoms with Gasteiger partial charge < -0.3 is 8.98 Å². The monoisotopic (exact) mass is 237 g/mol. The lowest BCUT2D eigenvalue weighted by Crippen LogP contribution is -1.93. The summed E-state index contributed by atoms with van der Waals surface area (Å²) in [5, 5.41) is 17.3. The van der Waals surface area contributed by atoms with Crippen LogP contribution in [0.5, 0.6) is 0 Å². The van der Waals surface area contributed by atoms with E-state index >= 15 is 0 Å². The summed E-state index contributed by atoms with van der Waals surface area (Å²) in [6, 6.07) is 11.1. The third kappa shape index (κ3) is 2.18. The van der Waals surface area contributed by atoms with E-state index in [0.29, 0.717) is 5.76 Å². The molecule has 4 heteroatoms. The zero-order valence-electron chi connectivity index (χ0n) is 9.92. The predicted octanol–water partition coefficient (Wildman–Crippen LogP) is 3.20. The Morgan fingerprint density at radius 3 is 2.78 bits per heavy atom. The lowest BCUT2D eigenvalue weighted by molar-refractivity contribution is 0.563.